The van der Waals surface area contributed by atoms with Crippen LogP contribution in [0.4, 0.5) is 0 Å². The Hall–Kier alpha value is -1.62. The van der Waals surface area contributed by atoms with Gasteiger partial charge in [-0.25, -0.2) is 0 Å². The van der Waals surface area contributed by atoms with E-state index in [-0.39, 0.29) is 0 Å². The minimum atomic E-state index is 0.451. The molecule has 0 aromatic carbocycles. The van der Waals surface area contributed by atoms with E-state index in [4.69, 9.17) is 0 Å². The summed E-state index contributed by atoms with van der Waals surface area (Å²) in [4.78, 5) is 0. The van der Waals surface area contributed by atoms with E-state index in [1.807, 2.05) is 21.6 Å². The normalized spacial score (nSPS) is 12.8. The Kier molecular flexibility index (Phi) is 4.74. The van der Waals surface area contributed by atoms with Crippen molar-refractivity contribution in [2.75, 3.05) is 6.54 Å². The molecular weight excluding hydrogens is 238 g/mol. The molecule has 5 heteroatoms. The van der Waals surface area contributed by atoms with Gasteiger partial charge in [-0.1, -0.05) is 13.8 Å². The molecule has 0 amide bonds. The molecule has 2 aromatic heterocycles. The number of rotatable bonds is 7. The maximum atomic E-state index is 4.61. The van der Waals surface area contributed by atoms with Gasteiger partial charge in [-0.05, 0) is 32.0 Å². The molecule has 2 heterocycles. The lowest BCUT2D eigenvalue weighted by molar-refractivity contribution is 0.470. The Balaban J connectivity index is 2.04. The van der Waals surface area contributed by atoms with Crippen molar-refractivity contribution >= 4 is 0 Å². The summed E-state index contributed by atoms with van der Waals surface area (Å²) in [6.07, 6.45) is 4.99. The third kappa shape index (κ3) is 3.44. The molecule has 104 valence electrons. The average molecular weight is 261 g/mol. The van der Waals surface area contributed by atoms with E-state index in [9.17, 15) is 0 Å². The minimum Gasteiger partial charge on any atom is -0.311 e. The molecule has 19 heavy (non-hydrogen) atoms. The maximum Gasteiger partial charge on any atom is 0.0853 e. The third-order valence-electron chi connectivity index (χ3n) is 3.38. The number of aromatic nitrogens is 4. The zero-order valence-electron chi connectivity index (χ0n) is 12.0. The van der Waals surface area contributed by atoms with Gasteiger partial charge in [0.05, 0.1) is 17.9 Å². The molecular formula is C14H23N5. The zero-order chi connectivity index (χ0) is 13.7. The Morgan fingerprint density at radius 2 is 2.16 bits per heavy atom. The molecule has 1 unspecified atom stereocenters. The zero-order valence-corrected chi connectivity index (χ0v) is 12.0. The van der Waals surface area contributed by atoms with E-state index in [0.29, 0.717) is 6.04 Å². The first kappa shape index (κ1) is 13.8. The van der Waals surface area contributed by atoms with Gasteiger partial charge in [0.15, 0.2) is 0 Å². The molecule has 0 fully saturated rings. The van der Waals surface area contributed by atoms with Crippen LogP contribution in [0.1, 0.15) is 44.6 Å². The standard InChI is InChI=1S/C14H23N5/c1-4-12(3)18-9-7-13(17-18)11-19-14(6-8-16-19)10-15-5-2/h6-9,12,15H,4-5,10-11H2,1-3H3. The van der Waals surface area contributed by atoms with E-state index >= 15 is 0 Å². The quantitative estimate of drug-likeness (QED) is 0.831. The first-order chi connectivity index (χ1) is 9.24. The predicted molar refractivity (Wildman–Crippen MR) is 75.9 cm³/mol. The van der Waals surface area contributed by atoms with E-state index < -0.39 is 0 Å². The molecule has 1 atom stereocenters. The van der Waals surface area contributed by atoms with Crippen LogP contribution < -0.4 is 5.32 Å². The van der Waals surface area contributed by atoms with Crippen LogP contribution >= 0.6 is 0 Å². The van der Waals surface area contributed by atoms with Gasteiger partial charge >= 0.3 is 0 Å². The summed E-state index contributed by atoms with van der Waals surface area (Å²) in [6, 6.07) is 4.58. The molecule has 0 bridgehead atoms. The number of hydrogen-bond donors (Lipinski definition) is 1. The summed E-state index contributed by atoms with van der Waals surface area (Å²) in [5, 5.41) is 12.3. The molecule has 0 saturated heterocycles. The summed E-state index contributed by atoms with van der Waals surface area (Å²) in [5.74, 6) is 0. The lowest BCUT2D eigenvalue weighted by atomic mass is 10.3. The molecule has 1 N–H and O–H groups in total. The first-order valence-corrected chi connectivity index (χ1v) is 7.00. The Morgan fingerprint density at radius 3 is 2.89 bits per heavy atom. The second-order valence-electron chi connectivity index (χ2n) is 4.80. The van der Waals surface area contributed by atoms with Crippen LogP contribution in [0.3, 0.4) is 0 Å². The topological polar surface area (TPSA) is 47.7 Å². The van der Waals surface area contributed by atoms with E-state index in [1.165, 1.54) is 5.69 Å². The number of hydrogen-bond acceptors (Lipinski definition) is 3. The van der Waals surface area contributed by atoms with E-state index in [2.05, 4.69) is 48.5 Å². The van der Waals surface area contributed by atoms with Crippen molar-refractivity contribution in [3.63, 3.8) is 0 Å². The molecule has 2 rings (SSSR count). The smallest absolute Gasteiger partial charge is 0.0853 e. The van der Waals surface area contributed by atoms with Gasteiger partial charge < -0.3 is 5.32 Å². The first-order valence-electron chi connectivity index (χ1n) is 7.00. The summed E-state index contributed by atoms with van der Waals surface area (Å²) < 4.78 is 4.04. The molecule has 0 aliphatic carbocycles. The molecule has 0 aliphatic heterocycles. The number of nitrogens with one attached hydrogen (secondary N) is 1. The van der Waals surface area contributed by atoms with E-state index in [1.54, 1.807) is 0 Å². The highest BCUT2D eigenvalue weighted by atomic mass is 15.3. The lowest BCUT2D eigenvalue weighted by Crippen LogP contribution is -2.16. The molecule has 2 aromatic rings. The molecule has 5 nitrogen and oxygen atoms in total. The summed E-state index contributed by atoms with van der Waals surface area (Å²) in [5.41, 5.74) is 2.25. The SMILES string of the molecule is CCNCc1ccnn1Cc1ccn(C(C)CC)n1. The summed E-state index contributed by atoms with van der Waals surface area (Å²) in [6.45, 7) is 9.01. The highest BCUT2D eigenvalue weighted by Crippen LogP contribution is 2.10. The number of nitrogens with zero attached hydrogens (tertiary/aromatic N) is 4. The third-order valence-corrected chi connectivity index (χ3v) is 3.38. The molecule has 0 spiro atoms. The Bertz CT molecular complexity index is 499. The Morgan fingerprint density at radius 1 is 1.32 bits per heavy atom. The van der Waals surface area contributed by atoms with Crippen LogP contribution in [0, 0.1) is 0 Å². The predicted octanol–water partition coefficient (Wildman–Crippen LogP) is 2.21. The Labute approximate surface area is 114 Å². The lowest BCUT2D eigenvalue weighted by Gasteiger charge is -2.09. The van der Waals surface area contributed by atoms with Crippen LogP contribution in [-0.2, 0) is 13.1 Å². The fourth-order valence-electron chi connectivity index (χ4n) is 1.95. The fraction of sp³-hybridized carbons (Fsp3) is 0.571. The van der Waals surface area contributed by atoms with Crippen molar-refractivity contribution in [2.24, 2.45) is 0 Å². The summed E-state index contributed by atoms with van der Waals surface area (Å²) in [7, 11) is 0. The van der Waals surface area contributed by atoms with Gasteiger partial charge in [-0.15, -0.1) is 0 Å². The van der Waals surface area contributed by atoms with Crippen molar-refractivity contribution in [1.82, 2.24) is 24.9 Å². The van der Waals surface area contributed by atoms with Gasteiger partial charge in [-0.3, -0.25) is 9.36 Å². The van der Waals surface area contributed by atoms with Gasteiger partial charge in [0, 0.05) is 25.0 Å². The van der Waals surface area contributed by atoms with E-state index in [0.717, 1.165) is 31.7 Å². The van der Waals surface area contributed by atoms with Gasteiger partial charge in [-0.2, -0.15) is 10.2 Å². The second kappa shape index (κ2) is 6.52. The summed E-state index contributed by atoms with van der Waals surface area (Å²) >= 11 is 0. The van der Waals surface area contributed by atoms with Crippen molar-refractivity contribution < 1.29 is 0 Å². The molecule has 0 aliphatic rings. The highest BCUT2D eigenvalue weighted by molar-refractivity contribution is 5.06. The monoisotopic (exact) mass is 261 g/mol. The average Bonchev–Trinajstić information content (AvgIpc) is 3.05. The highest BCUT2D eigenvalue weighted by Gasteiger charge is 2.07. The van der Waals surface area contributed by atoms with Crippen LogP contribution in [0.5, 0.6) is 0 Å². The largest absolute Gasteiger partial charge is 0.311 e. The van der Waals surface area contributed by atoms with Gasteiger partial charge in [0.1, 0.15) is 0 Å². The van der Waals surface area contributed by atoms with Gasteiger partial charge in [0.25, 0.3) is 0 Å². The van der Waals surface area contributed by atoms with Gasteiger partial charge in [0.2, 0.25) is 0 Å². The fourth-order valence-corrected chi connectivity index (χ4v) is 1.95. The van der Waals surface area contributed by atoms with Crippen molar-refractivity contribution in [3.05, 3.63) is 35.9 Å². The van der Waals surface area contributed by atoms with Crippen LogP contribution in [-0.4, -0.2) is 26.1 Å². The minimum absolute atomic E-state index is 0.451. The van der Waals surface area contributed by atoms with Crippen LogP contribution in [0.15, 0.2) is 24.5 Å². The van der Waals surface area contributed by atoms with Crippen molar-refractivity contribution in [3.8, 4) is 0 Å². The van der Waals surface area contributed by atoms with Crippen LogP contribution in [0.25, 0.3) is 0 Å². The second-order valence-corrected chi connectivity index (χ2v) is 4.80. The van der Waals surface area contributed by atoms with Crippen molar-refractivity contribution in [1.29, 1.82) is 0 Å². The van der Waals surface area contributed by atoms with Crippen molar-refractivity contribution in [2.45, 2.75) is 46.3 Å². The molecule has 0 saturated carbocycles. The molecule has 0 radical (unpaired) electrons. The van der Waals surface area contributed by atoms with Crippen LogP contribution in [0.2, 0.25) is 0 Å². The maximum absolute atomic E-state index is 4.61.